The standard InChI is InChI=1S/C12H16F3NO2/c1-8(7-17-2)6-16-9-3-4-11(10(13)5-9)18-12(14)15/h3-5,8,12,16H,6-7H2,1-2H3. The second-order valence-corrected chi connectivity index (χ2v) is 3.97. The van der Waals surface area contributed by atoms with Gasteiger partial charge in [0.25, 0.3) is 0 Å². The number of benzene rings is 1. The van der Waals surface area contributed by atoms with E-state index in [9.17, 15) is 13.2 Å². The number of methoxy groups -OCH3 is 1. The molecule has 0 spiro atoms. The molecule has 1 unspecified atom stereocenters. The largest absolute Gasteiger partial charge is 0.432 e. The molecular formula is C12H16F3NO2. The van der Waals surface area contributed by atoms with Gasteiger partial charge in [0, 0.05) is 25.4 Å². The third-order valence-electron chi connectivity index (χ3n) is 2.25. The number of hydrogen-bond donors (Lipinski definition) is 1. The van der Waals surface area contributed by atoms with Gasteiger partial charge in [-0.2, -0.15) is 8.78 Å². The quantitative estimate of drug-likeness (QED) is 0.819. The third kappa shape index (κ3) is 4.83. The number of alkyl halides is 2. The second kappa shape index (κ2) is 7.10. The van der Waals surface area contributed by atoms with Crippen molar-refractivity contribution in [3.63, 3.8) is 0 Å². The number of rotatable bonds is 7. The maximum absolute atomic E-state index is 13.4. The molecule has 0 saturated carbocycles. The summed E-state index contributed by atoms with van der Waals surface area (Å²) in [5.74, 6) is -1.02. The molecule has 0 saturated heterocycles. The summed E-state index contributed by atoms with van der Waals surface area (Å²) in [6, 6.07) is 3.78. The average molecular weight is 263 g/mol. The highest BCUT2D eigenvalue weighted by Gasteiger charge is 2.10. The van der Waals surface area contributed by atoms with E-state index in [0.29, 0.717) is 18.8 Å². The summed E-state index contributed by atoms with van der Waals surface area (Å²) in [6.07, 6.45) is 0. The highest BCUT2D eigenvalue weighted by Crippen LogP contribution is 2.22. The van der Waals surface area contributed by atoms with Gasteiger partial charge < -0.3 is 14.8 Å². The number of nitrogens with one attached hydrogen (secondary N) is 1. The molecule has 1 atom stereocenters. The normalized spacial score (nSPS) is 12.6. The van der Waals surface area contributed by atoms with Crippen molar-refractivity contribution >= 4 is 5.69 Å². The first-order valence-electron chi connectivity index (χ1n) is 5.50. The Hall–Kier alpha value is -1.43. The molecular weight excluding hydrogens is 247 g/mol. The predicted octanol–water partition coefficient (Wildman–Crippen LogP) is 3.12. The molecule has 1 aromatic carbocycles. The summed E-state index contributed by atoms with van der Waals surface area (Å²) in [4.78, 5) is 0. The molecule has 6 heteroatoms. The fourth-order valence-corrected chi connectivity index (χ4v) is 1.44. The van der Waals surface area contributed by atoms with Crippen LogP contribution in [0.3, 0.4) is 0 Å². The lowest BCUT2D eigenvalue weighted by Gasteiger charge is -2.13. The van der Waals surface area contributed by atoms with E-state index in [4.69, 9.17) is 4.74 Å². The third-order valence-corrected chi connectivity index (χ3v) is 2.25. The van der Waals surface area contributed by atoms with Crippen LogP contribution in [0.15, 0.2) is 18.2 Å². The first-order valence-corrected chi connectivity index (χ1v) is 5.50. The Kier molecular flexibility index (Phi) is 5.77. The van der Waals surface area contributed by atoms with E-state index < -0.39 is 18.2 Å². The molecule has 0 fully saturated rings. The molecule has 0 aliphatic carbocycles. The number of hydrogen-bond acceptors (Lipinski definition) is 3. The molecule has 0 bridgehead atoms. The van der Waals surface area contributed by atoms with Crippen LogP contribution in [0.5, 0.6) is 5.75 Å². The Morgan fingerprint density at radius 1 is 1.33 bits per heavy atom. The molecule has 0 heterocycles. The Morgan fingerprint density at radius 2 is 2.06 bits per heavy atom. The topological polar surface area (TPSA) is 30.5 Å². The van der Waals surface area contributed by atoms with Gasteiger partial charge in [0.15, 0.2) is 11.6 Å². The van der Waals surface area contributed by atoms with Crippen molar-refractivity contribution < 1.29 is 22.6 Å². The Labute approximate surface area is 104 Å². The molecule has 3 nitrogen and oxygen atoms in total. The maximum atomic E-state index is 13.4. The lowest BCUT2D eigenvalue weighted by molar-refractivity contribution is -0.0521. The van der Waals surface area contributed by atoms with Gasteiger partial charge in [0.1, 0.15) is 0 Å². The van der Waals surface area contributed by atoms with Gasteiger partial charge in [-0.15, -0.1) is 0 Å². The number of halogens is 3. The molecule has 0 radical (unpaired) electrons. The summed E-state index contributed by atoms with van der Waals surface area (Å²) in [5.41, 5.74) is 0.511. The van der Waals surface area contributed by atoms with Crippen LogP contribution in [-0.4, -0.2) is 26.9 Å². The molecule has 1 aromatic rings. The molecule has 0 aliphatic rings. The van der Waals surface area contributed by atoms with Crippen molar-refractivity contribution in [1.82, 2.24) is 0 Å². The smallest absolute Gasteiger partial charge is 0.387 e. The summed E-state index contributed by atoms with van der Waals surface area (Å²) in [6.45, 7) is 0.131. The van der Waals surface area contributed by atoms with Gasteiger partial charge in [-0.25, -0.2) is 4.39 Å². The minimum absolute atomic E-state index is 0.259. The van der Waals surface area contributed by atoms with Crippen LogP contribution in [0.4, 0.5) is 18.9 Å². The first-order chi connectivity index (χ1) is 8.52. The van der Waals surface area contributed by atoms with Gasteiger partial charge in [-0.1, -0.05) is 6.92 Å². The Bertz CT molecular complexity index is 374. The van der Waals surface area contributed by atoms with Gasteiger partial charge in [0.2, 0.25) is 0 Å². The van der Waals surface area contributed by atoms with E-state index in [-0.39, 0.29) is 5.92 Å². The zero-order chi connectivity index (χ0) is 13.5. The zero-order valence-corrected chi connectivity index (χ0v) is 10.3. The first kappa shape index (κ1) is 14.6. The van der Waals surface area contributed by atoms with Gasteiger partial charge >= 0.3 is 6.61 Å². The van der Waals surface area contributed by atoms with E-state index in [0.717, 1.165) is 6.07 Å². The fraction of sp³-hybridized carbons (Fsp3) is 0.500. The molecule has 18 heavy (non-hydrogen) atoms. The Morgan fingerprint density at radius 3 is 2.61 bits per heavy atom. The van der Waals surface area contributed by atoms with Crippen LogP contribution >= 0.6 is 0 Å². The lowest BCUT2D eigenvalue weighted by Crippen LogP contribution is -2.15. The highest BCUT2D eigenvalue weighted by atomic mass is 19.3. The highest BCUT2D eigenvalue weighted by molar-refractivity contribution is 5.47. The fourth-order valence-electron chi connectivity index (χ4n) is 1.44. The molecule has 102 valence electrons. The van der Waals surface area contributed by atoms with E-state index >= 15 is 0 Å². The van der Waals surface area contributed by atoms with Gasteiger partial charge in [-0.05, 0) is 18.1 Å². The van der Waals surface area contributed by atoms with Crippen molar-refractivity contribution in [3.8, 4) is 5.75 Å². The van der Waals surface area contributed by atoms with Crippen molar-refractivity contribution in [2.45, 2.75) is 13.5 Å². The van der Waals surface area contributed by atoms with Crippen LogP contribution in [0.25, 0.3) is 0 Å². The van der Waals surface area contributed by atoms with Crippen molar-refractivity contribution in [3.05, 3.63) is 24.0 Å². The summed E-state index contributed by atoms with van der Waals surface area (Å²) < 4.78 is 46.2. The van der Waals surface area contributed by atoms with Crippen LogP contribution in [0.1, 0.15) is 6.92 Å². The van der Waals surface area contributed by atoms with E-state index in [1.165, 1.54) is 12.1 Å². The van der Waals surface area contributed by atoms with Crippen molar-refractivity contribution in [2.24, 2.45) is 5.92 Å². The summed E-state index contributed by atoms with van der Waals surface area (Å²) in [7, 11) is 1.60. The second-order valence-electron chi connectivity index (χ2n) is 3.97. The van der Waals surface area contributed by atoms with E-state index in [1.54, 1.807) is 7.11 Å². The van der Waals surface area contributed by atoms with Crippen LogP contribution in [0.2, 0.25) is 0 Å². The summed E-state index contributed by atoms with van der Waals surface area (Å²) in [5, 5.41) is 2.99. The minimum Gasteiger partial charge on any atom is -0.432 e. The zero-order valence-electron chi connectivity index (χ0n) is 10.3. The predicted molar refractivity (Wildman–Crippen MR) is 62.6 cm³/mol. The van der Waals surface area contributed by atoms with E-state index in [1.807, 2.05) is 6.92 Å². The molecule has 0 aromatic heterocycles. The summed E-state index contributed by atoms with van der Waals surface area (Å²) >= 11 is 0. The van der Waals surface area contributed by atoms with Crippen LogP contribution in [-0.2, 0) is 4.74 Å². The minimum atomic E-state index is -3.03. The molecule has 0 amide bonds. The Balaban J connectivity index is 2.56. The number of anilines is 1. The number of ether oxygens (including phenoxy) is 2. The lowest BCUT2D eigenvalue weighted by atomic mass is 10.2. The monoisotopic (exact) mass is 263 g/mol. The maximum Gasteiger partial charge on any atom is 0.387 e. The molecule has 1 rings (SSSR count). The van der Waals surface area contributed by atoms with Gasteiger partial charge in [-0.3, -0.25) is 0 Å². The van der Waals surface area contributed by atoms with Crippen molar-refractivity contribution in [2.75, 3.05) is 25.6 Å². The van der Waals surface area contributed by atoms with E-state index in [2.05, 4.69) is 10.1 Å². The van der Waals surface area contributed by atoms with Crippen molar-refractivity contribution in [1.29, 1.82) is 0 Å². The molecule has 1 N–H and O–H groups in total. The van der Waals surface area contributed by atoms with Gasteiger partial charge in [0.05, 0.1) is 6.61 Å². The molecule has 0 aliphatic heterocycles. The van der Waals surface area contributed by atoms with Crippen LogP contribution in [0, 0.1) is 11.7 Å². The average Bonchev–Trinajstić information content (AvgIpc) is 2.29. The van der Waals surface area contributed by atoms with Crippen LogP contribution < -0.4 is 10.1 Å². The SMILES string of the molecule is COCC(C)CNc1ccc(OC(F)F)c(F)c1.